The van der Waals surface area contributed by atoms with E-state index in [9.17, 15) is 0 Å². The highest BCUT2D eigenvalue weighted by atomic mass is 35.5. The van der Waals surface area contributed by atoms with Crippen molar-refractivity contribution in [2.75, 3.05) is 0 Å². The molecular weight excluding hydrogens is 231 g/mol. The van der Waals surface area contributed by atoms with E-state index in [1.54, 1.807) is 0 Å². The van der Waals surface area contributed by atoms with E-state index in [2.05, 4.69) is 18.8 Å². The molecule has 0 amide bonds. The molecule has 0 aliphatic heterocycles. The van der Waals surface area contributed by atoms with E-state index in [0.717, 1.165) is 17.0 Å². The predicted molar refractivity (Wildman–Crippen MR) is 63.8 cm³/mol. The summed E-state index contributed by atoms with van der Waals surface area (Å²) in [6.07, 6.45) is 1.85. The van der Waals surface area contributed by atoms with Gasteiger partial charge in [-0.25, -0.2) is 4.98 Å². The Bertz CT molecular complexity index is 489. The molecule has 2 rings (SSSR count). The van der Waals surface area contributed by atoms with Gasteiger partial charge in [-0.2, -0.15) is 0 Å². The van der Waals surface area contributed by atoms with Crippen LogP contribution in [0.4, 0.5) is 0 Å². The maximum Gasteiger partial charge on any atom is 0.137 e. The van der Waals surface area contributed by atoms with E-state index < -0.39 is 0 Å². The van der Waals surface area contributed by atoms with Gasteiger partial charge >= 0.3 is 0 Å². The molecule has 0 unspecified atom stereocenters. The fraction of sp³-hybridized carbons (Fsp3) is 0.364. The number of hydrogen-bond donors (Lipinski definition) is 0. The first-order chi connectivity index (χ1) is 7.13. The lowest BCUT2D eigenvalue weighted by atomic mass is 10.1. The molecule has 0 atom stereocenters. The van der Waals surface area contributed by atoms with Crippen LogP contribution >= 0.6 is 23.2 Å². The van der Waals surface area contributed by atoms with Gasteiger partial charge in [-0.1, -0.05) is 25.4 Å². The minimum Gasteiger partial charge on any atom is -0.301 e. The highest BCUT2D eigenvalue weighted by Gasteiger charge is 2.13. The number of imidazole rings is 1. The van der Waals surface area contributed by atoms with Gasteiger partial charge in [0.25, 0.3) is 0 Å². The van der Waals surface area contributed by atoms with Gasteiger partial charge in [0.15, 0.2) is 0 Å². The molecule has 0 spiro atoms. The zero-order valence-corrected chi connectivity index (χ0v) is 10.2. The van der Waals surface area contributed by atoms with Crippen molar-refractivity contribution in [3.05, 3.63) is 34.7 Å². The zero-order chi connectivity index (χ0) is 11.0. The molecular formula is C11H12Cl2N2. The van der Waals surface area contributed by atoms with Crippen molar-refractivity contribution in [3.8, 4) is 0 Å². The summed E-state index contributed by atoms with van der Waals surface area (Å²) in [6.45, 7) is 4.22. The van der Waals surface area contributed by atoms with Crippen molar-refractivity contribution in [2.45, 2.75) is 25.6 Å². The Hall–Kier alpha value is -0.730. The summed E-state index contributed by atoms with van der Waals surface area (Å²) in [5.74, 6) is 0.826. The van der Waals surface area contributed by atoms with Gasteiger partial charge in [0.05, 0.1) is 22.3 Å². The Balaban J connectivity index is 2.74. The summed E-state index contributed by atoms with van der Waals surface area (Å²) in [6, 6.07) is 3.75. The van der Waals surface area contributed by atoms with Crippen LogP contribution in [0.1, 0.15) is 31.2 Å². The number of fused-ring (bicyclic) bond motifs is 1. The summed E-state index contributed by atoms with van der Waals surface area (Å²) in [5.41, 5.74) is 2.98. The Morgan fingerprint density at radius 2 is 2.13 bits per heavy atom. The maximum atomic E-state index is 5.94. The summed E-state index contributed by atoms with van der Waals surface area (Å²) in [4.78, 5) is 4.54. The second-order valence-electron chi connectivity index (χ2n) is 3.81. The largest absolute Gasteiger partial charge is 0.301 e. The molecule has 2 aromatic rings. The fourth-order valence-corrected chi connectivity index (χ4v) is 2.11. The highest BCUT2D eigenvalue weighted by Crippen LogP contribution is 2.23. The van der Waals surface area contributed by atoms with E-state index >= 15 is 0 Å². The molecule has 0 aliphatic rings. The van der Waals surface area contributed by atoms with Crippen molar-refractivity contribution in [2.24, 2.45) is 0 Å². The SMILES string of the molecule is CC(C)c1nc2ccc(Cl)cn2c1CCl. The van der Waals surface area contributed by atoms with E-state index in [-0.39, 0.29) is 0 Å². The van der Waals surface area contributed by atoms with E-state index in [4.69, 9.17) is 23.2 Å². The third-order valence-electron chi connectivity index (χ3n) is 2.39. The Morgan fingerprint density at radius 1 is 1.40 bits per heavy atom. The predicted octanol–water partition coefficient (Wildman–Crippen LogP) is 3.85. The number of aromatic nitrogens is 2. The standard InChI is InChI=1S/C11H12Cl2N2/c1-7(2)11-9(5-12)15-6-8(13)3-4-10(15)14-11/h3-4,6-7H,5H2,1-2H3. The van der Waals surface area contributed by atoms with Crippen molar-refractivity contribution in [1.29, 1.82) is 0 Å². The topological polar surface area (TPSA) is 17.3 Å². The minimum absolute atomic E-state index is 0.373. The maximum absolute atomic E-state index is 5.94. The van der Waals surface area contributed by atoms with Gasteiger partial charge in [0.1, 0.15) is 5.65 Å². The molecule has 0 saturated heterocycles. The molecule has 0 radical (unpaired) electrons. The average Bonchev–Trinajstić information content (AvgIpc) is 2.55. The van der Waals surface area contributed by atoms with Gasteiger partial charge in [0.2, 0.25) is 0 Å². The number of nitrogens with zero attached hydrogens (tertiary/aromatic N) is 2. The van der Waals surface area contributed by atoms with Crippen LogP contribution in [0.5, 0.6) is 0 Å². The molecule has 0 fully saturated rings. The van der Waals surface area contributed by atoms with Gasteiger partial charge in [-0.3, -0.25) is 0 Å². The summed E-state index contributed by atoms with van der Waals surface area (Å²) < 4.78 is 1.96. The Kier molecular flexibility index (Phi) is 2.89. The van der Waals surface area contributed by atoms with E-state index in [1.807, 2.05) is 22.7 Å². The van der Waals surface area contributed by atoms with Crippen molar-refractivity contribution < 1.29 is 0 Å². The van der Waals surface area contributed by atoms with Crippen LogP contribution in [0.25, 0.3) is 5.65 Å². The summed E-state index contributed by atoms with van der Waals surface area (Å²) >= 11 is 11.9. The molecule has 0 saturated carbocycles. The molecule has 4 heteroatoms. The molecule has 0 N–H and O–H groups in total. The first-order valence-corrected chi connectivity index (χ1v) is 5.77. The quantitative estimate of drug-likeness (QED) is 0.732. The first-order valence-electron chi connectivity index (χ1n) is 4.86. The number of hydrogen-bond acceptors (Lipinski definition) is 1. The molecule has 0 bridgehead atoms. The van der Waals surface area contributed by atoms with Gasteiger partial charge in [-0.05, 0) is 18.1 Å². The normalized spacial score (nSPS) is 11.5. The van der Waals surface area contributed by atoms with Crippen LogP contribution < -0.4 is 0 Å². The molecule has 15 heavy (non-hydrogen) atoms. The molecule has 0 aliphatic carbocycles. The highest BCUT2D eigenvalue weighted by molar-refractivity contribution is 6.30. The van der Waals surface area contributed by atoms with Crippen LogP contribution in [-0.2, 0) is 5.88 Å². The summed E-state index contributed by atoms with van der Waals surface area (Å²) in [7, 11) is 0. The van der Waals surface area contributed by atoms with E-state index in [0.29, 0.717) is 16.8 Å². The van der Waals surface area contributed by atoms with Gasteiger partial charge in [-0.15, -0.1) is 11.6 Å². The fourth-order valence-electron chi connectivity index (χ4n) is 1.68. The van der Waals surface area contributed by atoms with Crippen molar-refractivity contribution in [3.63, 3.8) is 0 Å². The van der Waals surface area contributed by atoms with Gasteiger partial charge < -0.3 is 4.40 Å². The lowest BCUT2D eigenvalue weighted by molar-refractivity contribution is 0.818. The number of alkyl halides is 1. The first kappa shape index (κ1) is 10.8. The van der Waals surface area contributed by atoms with Crippen LogP contribution in [0.2, 0.25) is 5.02 Å². The van der Waals surface area contributed by atoms with E-state index in [1.165, 1.54) is 0 Å². The second kappa shape index (κ2) is 4.03. The number of rotatable bonds is 2. The smallest absolute Gasteiger partial charge is 0.137 e. The monoisotopic (exact) mass is 242 g/mol. The summed E-state index contributed by atoms with van der Waals surface area (Å²) in [5, 5.41) is 0.696. The average molecular weight is 243 g/mol. The van der Waals surface area contributed by atoms with Crippen LogP contribution in [-0.4, -0.2) is 9.38 Å². The third kappa shape index (κ3) is 1.84. The van der Waals surface area contributed by atoms with Gasteiger partial charge in [0, 0.05) is 6.20 Å². The minimum atomic E-state index is 0.373. The molecule has 2 heterocycles. The molecule has 2 nitrogen and oxygen atoms in total. The number of pyridine rings is 1. The molecule has 2 aromatic heterocycles. The van der Waals surface area contributed by atoms with Crippen molar-refractivity contribution in [1.82, 2.24) is 9.38 Å². The zero-order valence-electron chi connectivity index (χ0n) is 8.67. The van der Waals surface area contributed by atoms with Crippen LogP contribution in [0, 0.1) is 0 Å². The Labute approximate surface area is 98.8 Å². The van der Waals surface area contributed by atoms with Crippen molar-refractivity contribution >= 4 is 28.8 Å². The van der Waals surface area contributed by atoms with Crippen LogP contribution in [0.15, 0.2) is 18.3 Å². The second-order valence-corrected chi connectivity index (χ2v) is 4.51. The van der Waals surface area contributed by atoms with Crippen LogP contribution in [0.3, 0.4) is 0 Å². The lowest BCUT2D eigenvalue weighted by Gasteiger charge is -2.03. The molecule has 0 aromatic carbocycles. The Morgan fingerprint density at radius 3 is 2.73 bits per heavy atom. The lowest BCUT2D eigenvalue weighted by Crippen LogP contribution is -1.95. The number of halogens is 2. The third-order valence-corrected chi connectivity index (χ3v) is 2.86. The molecule has 80 valence electrons.